The summed E-state index contributed by atoms with van der Waals surface area (Å²) in [6.45, 7) is 6.62. The lowest BCUT2D eigenvalue weighted by atomic mass is 9.96. The number of rotatable bonds is 4. The number of carbonyl (C=O) groups is 1. The van der Waals surface area contributed by atoms with Gasteiger partial charge >= 0.3 is 0 Å². The molecule has 0 atom stereocenters. The van der Waals surface area contributed by atoms with Crippen LogP contribution in [0.25, 0.3) is 0 Å². The number of benzene rings is 1. The number of likely N-dealkylation sites (tertiary alicyclic amines) is 1. The second-order valence-corrected chi connectivity index (χ2v) is 6.45. The molecule has 4 heteroatoms. The zero-order valence-corrected chi connectivity index (χ0v) is 13.5. The Kier molecular flexibility index (Phi) is 4.98. The molecule has 4 nitrogen and oxygen atoms in total. The highest BCUT2D eigenvalue weighted by Gasteiger charge is 2.23. The monoisotopic (exact) mass is 301 g/mol. The lowest BCUT2D eigenvalue weighted by molar-refractivity contribution is 0.0910. The summed E-state index contributed by atoms with van der Waals surface area (Å²) < 4.78 is 0. The molecule has 0 saturated carbocycles. The number of hydrogen-bond donors (Lipinski definition) is 2. The van der Waals surface area contributed by atoms with Gasteiger partial charge in [0.25, 0.3) is 5.91 Å². The Morgan fingerprint density at radius 2 is 2.18 bits per heavy atom. The van der Waals surface area contributed by atoms with E-state index in [0.29, 0.717) is 6.04 Å². The normalized spacial score (nSPS) is 19.3. The fourth-order valence-corrected chi connectivity index (χ4v) is 3.60. The van der Waals surface area contributed by atoms with Crippen molar-refractivity contribution in [3.8, 4) is 0 Å². The van der Waals surface area contributed by atoms with Crippen molar-refractivity contribution >= 4 is 11.6 Å². The summed E-state index contributed by atoms with van der Waals surface area (Å²) in [6, 6.07) is 6.35. The molecule has 2 aliphatic rings. The van der Waals surface area contributed by atoms with Crippen LogP contribution in [0.4, 0.5) is 5.69 Å². The summed E-state index contributed by atoms with van der Waals surface area (Å²) in [4.78, 5) is 15.1. The molecular formula is C18H27N3O. The molecule has 2 N–H and O–H groups in total. The summed E-state index contributed by atoms with van der Waals surface area (Å²) >= 11 is 0. The van der Waals surface area contributed by atoms with E-state index in [-0.39, 0.29) is 5.91 Å². The van der Waals surface area contributed by atoms with Gasteiger partial charge in [0.05, 0.1) is 0 Å². The van der Waals surface area contributed by atoms with Crippen molar-refractivity contribution in [3.05, 3.63) is 29.3 Å². The molecule has 1 saturated heterocycles. The van der Waals surface area contributed by atoms with Gasteiger partial charge in [0.2, 0.25) is 0 Å². The molecule has 3 rings (SSSR count). The van der Waals surface area contributed by atoms with Crippen LogP contribution in [0, 0.1) is 0 Å². The molecule has 0 unspecified atom stereocenters. The van der Waals surface area contributed by atoms with Gasteiger partial charge in [-0.3, -0.25) is 4.79 Å². The Balaban J connectivity index is 1.61. The van der Waals surface area contributed by atoms with Crippen LogP contribution in [0.1, 0.15) is 48.5 Å². The van der Waals surface area contributed by atoms with Crippen LogP contribution in [0.2, 0.25) is 0 Å². The van der Waals surface area contributed by atoms with Crippen LogP contribution in [-0.2, 0) is 6.42 Å². The Labute approximate surface area is 133 Å². The molecule has 22 heavy (non-hydrogen) atoms. The molecule has 2 aliphatic heterocycles. The number of nitrogens with one attached hydrogen (secondary N) is 2. The van der Waals surface area contributed by atoms with E-state index >= 15 is 0 Å². The molecular weight excluding hydrogens is 274 g/mol. The van der Waals surface area contributed by atoms with E-state index in [0.717, 1.165) is 56.6 Å². The third-order valence-electron chi connectivity index (χ3n) is 4.80. The van der Waals surface area contributed by atoms with Gasteiger partial charge in [-0.1, -0.05) is 13.0 Å². The average molecular weight is 301 g/mol. The topological polar surface area (TPSA) is 44.4 Å². The first kappa shape index (κ1) is 15.3. The minimum Gasteiger partial charge on any atom is -0.385 e. The number of piperidine rings is 1. The first-order valence-electron chi connectivity index (χ1n) is 8.67. The highest BCUT2D eigenvalue weighted by Crippen LogP contribution is 2.25. The minimum absolute atomic E-state index is 0.106. The first-order chi connectivity index (χ1) is 10.8. The Bertz CT molecular complexity index is 521. The van der Waals surface area contributed by atoms with Crippen LogP contribution in [-0.4, -0.2) is 43.0 Å². The number of fused-ring (bicyclic) bond motifs is 1. The molecule has 0 radical (unpaired) electrons. The van der Waals surface area contributed by atoms with Crippen LogP contribution < -0.4 is 10.6 Å². The van der Waals surface area contributed by atoms with E-state index in [1.807, 2.05) is 12.1 Å². The zero-order chi connectivity index (χ0) is 15.4. The molecule has 1 aromatic rings. The number of amides is 1. The minimum atomic E-state index is 0.106. The molecule has 0 spiro atoms. The number of hydrogen-bond acceptors (Lipinski definition) is 3. The number of anilines is 1. The van der Waals surface area contributed by atoms with Crippen molar-refractivity contribution in [2.45, 2.75) is 45.1 Å². The SMILES string of the molecule is CCCN1CCC(NC(=O)c2cccc3c2CCCN3)CC1. The first-order valence-corrected chi connectivity index (χ1v) is 8.67. The predicted molar refractivity (Wildman–Crippen MR) is 90.5 cm³/mol. The Morgan fingerprint density at radius 1 is 1.36 bits per heavy atom. The molecule has 1 fully saturated rings. The Morgan fingerprint density at radius 3 is 2.95 bits per heavy atom. The van der Waals surface area contributed by atoms with Gasteiger partial charge in [0, 0.05) is 36.9 Å². The van der Waals surface area contributed by atoms with Crippen LogP contribution >= 0.6 is 0 Å². The van der Waals surface area contributed by atoms with Crippen molar-refractivity contribution < 1.29 is 4.79 Å². The van der Waals surface area contributed by atoms with Gasteiger partial charge in [-0.05, 0) is 56.3 Å². The molecule has 1 amide bonds. The standard InChI is InChI=1S/C18H27N3O/c1-2-11-21-12-8-14(9-13-21)20-18(22)16-5-3-7-17-15(16)6-4-10-19-17/h3,5,7,14,19H,2,4,6,8-13H2,1H3,(H,20,22). The summed E-state index contributed by atoms with van der Waals surface area (Å²) in [5.41, 5.74) is 3.19. The van der Waals surface area contributed by atoms with Gasteiger partial charge in [0.1, 0.15) is 0 Å². The van der Waals surface area contributed by atoms with Crippen LogP contribution in [0.3, 0.4) is 0 Å². The maximum absolute atomic E-state index is 12.6. The van der Waals surface area contributed by atoms with Gasteiger partial charge in [0.15, 0.2) is 0 Å². The molecule has 120 valence electrons. The lowest BCUT2D eigenvalue weighted by Gasteiger charge is -2.32. The van der Waals surface area contributed by atoms with Gasteiger partial charge in [-0.15, -0.1) is 0 Å². The van der Waals surface area contributed by atoms with E-state index in [9.17, 15) is 4.79 Å². The summed E-state index contributed by atoms with van der Waals surface area (Å²) in [5.74, 6) is 0.106. The van der Waals surface area contributed by atoms with E-state index in [1.165, 1.54) is 18.5 Å². The van der Waals surface area contributed by atoms with E-state index in [2.05, 4.69) is 28.5 Å². The van der Waals surface area contributed by atoms with E-state index in [1.54, 1.807) is 0 Å². The van der Waals surface area contributed by atoms with Crippen molar-refractivity contribution in [3.63, 3.8) is 0 Å². The molecule has 2 heterocycles. The van der Waals surface area contributed by atoms with E-state index < -0.39 is 0 Å². The quantitative estimate of drug-likeness (QED) is 0.898. The maximum atomic E-state index is 12.6. The van der Waals surface area contributed by atoms with Gasteiger partial charge < -0.3 is 15.5 Å². The van der Waals surface area contributed by atoms with Gasteiger partial charge in [-0.25, -0.2) is 0 Å². The van der Waals surface area contributed by atoms with Crippen LogP contribution in [0.15, 0.2) is 18.2 Å². The van der Waals surface area contributed by atoms with Crippen molar-refractivity contribution in [1.29, 1.82) is 0 Å². The number of nitrogens with zero attached hydrogens (tertiary/aromatic N) is 1. The summed E-state index contributed by atoms with van der Waals surface area (Å²) in [5, 5.41) is 6.65. The third-order valence-corrected chi connectivity index (χ3v) is 4.80. The van der Waals surface area contributed by atoms with Crippen LogP contribution in [0.5, 0.6) is 0 Å². The molecule has 0 aromatic heterocycles. The molecule has 0 aliphatic carbocycles. The van der Waals surface area contributed by atoms with Crippen molar-refractivity contribution in [2.75, 3.05) is 31.5 Å². The Hall–Kier alpha value is -1.55. The van der Waals surface area contributed by atoms with Crippen molar-refractivity contribution in [2.24, 2.45) is 0 Å². The average Bonchev–Trinajstić information content (AvgIpc) is 2.56. The molecule has 1 aromatic carbocycles. The molecule has 0 bridgehead atoms. The second-order valence-electron chi connectivity index (χ2n) is 6.45. The summed E-state index contributed by atoms with van der Waals surface area (Å²) in [7, 11) is 0. The fraction of sp³-hybridized carbons (Fsp3) is 0.611. The zero-order valence-electron chi connectivity index (χ0n) is 13.5. The fourth-order valence-electron chi connectivity index (χ4n) is 3.60. The lowest BCUT2D eigenvalue weighted by Crippen LogP contribution is -2.45. The highest BCUT2D eigenvalue weighted by molar-refractivity contribution is 5.97. The van der Waals surface area contributed by atoms with Gasteiger partial charge in [-0.2, -0.15) is 0 Å². The number of carbonyl (C=O) groups excluding carboxylic acids is 1. The van der Waals surface area contributed by atoms with Crippen molar-refractivity contribution in [1.82, 2.24) is 10.2 Å². The highest BCUT2D eigenvalue weighted by atomic mass is 16.1. The predicted octanol–water partition coefficient (Wildman–Crippen LogP) is 2.65. The largest absolute Gasteiger partial charge is 0.385 e. The smallest absolute Gasteiger partial charge is 0.251 e. The maximum Gasteiger partial charge on any atom is 0.251 e. The summed E-state index contributed by atoms with van der Waals surface area (Å²) in [6.07, 6.45) is 5.45. The second kappa shape index (κ2) is 7.14. The third kappa shape index (κ3) is 3.43. The van der Waals surface area contributed by atoms with E-state index in [4.69, 9.17) is 0 Å².